The van der Waals surface area contributed by atoms with E-state index in [0.29, 0.717) is 30.2 Å². The highest BCUT2D eigenvalue weighted by Gasteiger charge is 2.20. The van der Waals surface area contributed by atoms with Crippen LogP contribution in [-0.4, -0.2) is 47.5 Å². The zero-order chi connectivity index (χ0) is 21.9. The zero-order valence-corrected chi connectivity index (χ0v) is 16.5. The number of carbonyl (C=O) groups excluding carboxylic acids is 1. The second kappa shape index (κ2) is 11.0. The number of hydrogen-bond donors (Lipinski definition) is 2. The second-order valence-electron chi connectivity index (χ2n) is 6.33. The van der Waals surface area contributed by atoms with Gasteiger partial charge in [-0.15, -0.1) is 0 Å². The third-order valence-electron chi connectivity index (χ3n) is 4.22. The van der Waals surface area contributed by atoms with E-state index < -0.39 is 0 Å². The quantitative estimate of drug-likeness (QED) is 0.463. The first-order valence-electron chi connectivity index (χ1n) is 9.34. The van der Waals surface area contributed by atoms with Gasteiger partial charge in [0.25, 0.3) is 12.4 Å². The highest BCUT2D eigenvalue weighted by atomic mass is 16.3. The molecule has 2 N–H and O–H groups in total. The highest BCUT2D eigenvalue weighted by Crippen LogP contribution is 2.17. The van der Waals surface area contributed by atoms with Crippen LogP contribution < -0.4 is 0 Å². The van der Waals surface area contributed by atoms with Crippen LogP contribution in [0.2, 0.25) is 0 Å². The number of hydrogen-bond acceptors (Lipinski definition) is 6. The summed E-state index contributed by atoms with van der Waals surface area (Å²) in [6, 6.07) is 17.2. The van der Waals surface area contributed by atoms with Gasteiger partial charge >= 0.3 is 0 Å². The largest absolute Gasteiger partial charge is 0.483 e. The predicted molar refractivity (Wildman–Crippen MR) is 113 cm³/mol. The van der Waals surface area contributed by atoms with Crippen molar-refractivity contribution in [1.29, 1.82) is 0 Å². The Balaban J connectivity index is 0.000000858. The first-order chi connectivity index (χ1) is 15.2. The number of pyridine rings is 1. The van der Waals surface area contributed by atoms with Gasteiger partial charge in [0, 0.05) is 25.1 Å². The SMILES string of the molecule is O=C(c1cc(-c2cnccn2)n[nH]1)N(Cc1ccccc1)Cc1ccccn1.O=CO. The smallest absolute Gasteiger partial charge is 0.290 e. The van der Waals surface area contributed by atoms with E-state index in [0.717, 1.165) is 11.3 Å². The number of nitrogens with zero attached hydrogens (tertiary/aromatic N) is 5. The Morgan fingerprint density at radius 2 is 1.74 bits per heavy atom. The minimum Gasteiger partial charge on any atom is -0.483 e. The molecule has 9 heteroatoms. The van der Waals surface area contributed by atoms with E-state index in [1.54, 1.807) is 35.8 Å². The van der Waals surface area contributed by atoms with Gasteiger partial charge in [-0.25, -0.2) is 0 Å². The molecule has 0 aliphatic heterocycles. The number of aromatic nitrogens is 5. The maximum atomic E-state index is 13.2. The molecule has 0 unspecified atom stereocenters. The van der Waals surface area contributed by atoms with Gasteiger partial charge in [0.2, 0.25) is 0 Å². The van der Waals surface area contributed by atoms with Crippen molar-refractivity contribution in [3.05, 3.63) is 96.3 Å². The number of benzene rings is 1. The van der Waals surface area contributed by atoms with Gasteiger partial charge < -0.3 is 10.0 Å². The van der Waals surface area contributed by atoms with Gasteiger partial charge in [-0.3, -0.25) is 29.6 Å². The van der Waals surface area contributed by atoms with Crippen molar-refractivity contribution in [2.45, 2.75) is 13.1 Å². The van der Waals surface area contributed by atoms with Gasteiger partial charge in [0.1, 0.15) is 17.1 Å². The van der Waals surface area contributed by atoms with E-state index in [2.05, 4.69) is 25.1 Å². The predicted octanol–water partition coefficient (Wildman–Crippen LogP) is 2.81. The van der Waals surface area contributed by atoms with Crippen molar-refractivity contribution in [3.63, 3.8) is 0 Å². The summed E-state index contributed by atoms with van der Waals surface area (Å²) >= 11 is 0. The van der Waals surface area contributed by atoms with Crippen LogP contribution in [0.1, 0.15) is 21.7 Å². The Bertz CT molecular complexity index is 1050. The average Bonchev–Trinajstić information content (AvgIpc) is 3.31. The molecular weight excluding hydrogens is 396 g/mol. The first-order valence-corrected chi connectivity index (χ1v) is 9.34. The Morgan fingerprint density at radius 3 is 2.42 bits per heavy atom. The maximum Gasteiger partial charge on any atom is 0.290 e. The summed E-state index contributed by atoms with van der Waals surface area (Å²) in [4.78, 5) is 35.9. The Morgan fingerprint density at radius 1 is 0.968 bits per heavy atom. The normalized spacial score (nSPS) is 9.94. The van der Waals surface area contributed by atoms with Gasteiger partial charge in [-0.05, 0) is 23.8 Å². The minimum atomic E-state index is -0.250. The number of rotatable bonds is 6. The van der Waals surface area contributed by atoms with E-state index in [1.807, 2.05) is 48.5 Å². The molecule has 9 nitrogen and oxygen atoms in total. The second-order valence-corrected chi connectivity index (χ2v) is 6.33. The van der Waals surface area contributed by atoms with Crippen LogP contribution in [0.15, 0.2) is 79.4 Å². The zero-order valence-electron chi connectivity index (χ0n) is 16.5. The van der Waals surface area contributed by atoms with Gasteiger partial charge in [-0.1, -0.05) is 36.4 Å². The first kappa shape index (κ1) is 21.3. The monoisotopic (exact) mass is 416 g/mol. The van der Waals surface area contributed by atoms with Crippen molar-refractivity contribution >= 4 is 12.4 Å². The summed E-state index contributed by atoms with van der Waals surface area (Å²) in [5, 5.41) is 13.9. The van der Waals surface area contributed by atoms with Crippen LogP contribution in [0.5, 0.6) is 0 Å². The van der Waals surface area contributed by atoms with Gasteiger partial charge in [-0.2, -0.15) is 5.10 Å². The highest BCUT2D eigenvalue weighted by molar-refractivity contribution is 5.93. The Labute approximate surface area is 178 Å². The number of nitrogens with one attached hydrogen (secondary N) is 1. The summed E-state index contributed by atoms with van der Waals surface area (Å²) in [5.74, 6) is -0.155. The fourth-order valence-corrected chi connectivity index (χ4v) is 2.85. The van der Waals surface area contributed by atoms with Crippen LogP contribution in [0.3, 0.4) is 0 Å². The molecule has 1 amide bonds. The average molecular weight is 416 g/mol. The lowest BCUT2D eigenvalue weighted by molar-refractivity contribution is -0.122. The summed E-state index contributed by atoms with van der Waals surface area (Å²) in [5.41, 5.74) is 3.44. The molecule has 156 valence electrons. The van der Waals surface area contributed by atoms with Crippen LogP contribution in [0.25, 0.3) is 11.4 Å². The van der Waals surface area contributed by atoms with Crippen molar-refractivity contribution in [2.75, 3.05) is 0 Å². The molecule has 3 aromatic heterocycles. The third-order valence-corrected chi connectivity index (χ3v) is 4.22. The lowest BCUT2D eigenvalue weighted by Gasteiger charge is -2.22. The van der Waals surface area contributed by atoms with E-state index in [-0.39, 0.29) is 12.4 Å². The fraction of sp³-hybridized carbons (Fsp3) is 0.0909. The molecule has 31 heavy (non-hydrogen) atoms. The Kier molecular flexibility index (Phi) is 7.53. The molecule has 0 spiro atoms. The van der Waals surface area contributed by atoms with E-state index >= 15 is 0 Å². The summed E-state index contributed by atoms with van der Waals surface area (Å²) in [7, 11) is 0. The third kappa shape index (κ3) is 6.04. The summed E-state index contributed by atoms with van der Waals surface area (Å²) in [6.45, 7) is 0.615. The van der Waals surface area contributed by atoms with E-state index in [1.165, 1.54) is 0 Å². The Hall–Kier alpha value is -4.40. The molecule has 1 aromatic carbocycles. The molecule has 0 atom stereocenters. The van der Waals surface area contributed by atoms with Crippen LogP contribution in [0.4, 0.5) is 0 Å². The summed E-state index contributed by atoms with van der Waals surface area (Å²) < 4.78 is 0. The molecule has 0 fully saturated rings. The number of amides is 1. The molecule has 0 saturated heterocycles. The number of aromatic amines is 1. The molecular formula is C22H20N6O3. The molecule has 3 heterocycles. The number of carbonyl (C=O) groups is 2. The van der Waals surface area contributed by atoms with Gasteiger partial charge in [0.15, 0.2) is 0 Å². The molecule has 0 aliphatic carbocycles. The van der Waals surface area contributed by atoms with Crippen LogP contribution in [-0.2, 0) is 17.9 Å². The number of carboxylic acid groups (broad SMARTS) is 1. The lowest BCUT2D eigenvalue weighted by Crippen LogP contribution is -2.30. The summed E-state index contributed by atoms with van der Waals surface area (Å²) in [6.07, 6.45) is 6.52. The molecule has 0 aliphatic rings. The van der Waals surface area contributed by atoms with Crippen molar-refractivity contribution in [3.8, 4) is 11.4 Å². The number of H-pyrrole nitrogens is 1. The van der Waals surface area contributed by atoms with E-state index in [4.69, 9.17) is 9.90 Å². The molecule has 0 radical (unpaired) electrons. The molecule has 4 rings (SSSR count). The van der Waals surface area contributed by atoms with Crippen molar-refractivity contribution < 1.29 is 14.7 Å². The van der Waals surface area contributed by atoms with Crippen LogP contribution in [0, 0.1) is 0 Å². The van der Waals surface area contributed by atoms with Crippen molar-refractivity contribution in [1.82, 2.24) is 30.0 Å². The standard InChI is InChI=1S/C21H18N6O.CH2O2/c28-21(19-12-18(25-26-19)20-13-22-10-11-24-20)27(14-16-6-2-1-3-7-16)15-17-8-4-5-9-23-17;2-1-3/h1-13H,14-15H2,(H,25,26);1H,(H,2,3). The molecule has 0 saturated carbocycles. The van der Waals surface area contributed by atoms with E-state index in [9.17, 15) is 4.79 Å². The lowest BCUT2D eigenvalue weighted by atomic mass is 10.2. The fourth-order valence-electron chi connectivity index (χ4n) is 2.85. The van der Waals surface area contributed by atoms with Crippen molar-refractivity contribution in [2.24, 2.45) is 0 Å². The van der Waals surface area contributed by atoms with Gasteiger partial charge in [0.05, 0.1) is 18.4 Å². The van der Waals surface area contributed by atoms with Crippen LogP contribution >= 0.6 is 0 Å². The maximum absolute atomic E-state index is 13.2. The molecule has 4 aromatic rings. The topological polar surface area (TPSA) is 125 Å². The minimum absolute atomic E-state index is 0.155. The molecule has 0 bridgehead atoms.